The monoisotopic (exact) mass is 513 g/mol. The number of carbonyl (C=O) groups is 1. The average Bonchev–Trinajstić information content (AvgIpc) is 3.14. The van der Waals surface area contributed by atoms with Gasteiger partial charge in [0.2, 0.25) is 15.8 Å². The zero-order valence-corrected chi connectivity index (χ0v) is 21.5. The van der Waals surface area contributed by atoms with Gasteiger partial charge < -0.3 is 10.1 Å². The van der Waals surface area contributed by atoms with Gasteiger partial charge in [0, 0.05) is 35.3 Å². The van der Waals surface area contributed by atoms with Crippen LogP contribution in [0.1, 0.15) is 40.6 Å². The second-order valence-electron chi connectivity index (χ2n) is 8.58. The predicted molar refractivity (Wildman–Crippen MR) is 138 cm³/mol. The first kappa shape index (κ1) is 25.2. The van der Waals surface area contributed by atoms with Crippen molar-refractivity contribution in [3.8, 4) is 16.2 Å². The number of esters is 1. The summed E-state index contributed by atoms with van der Waals surface area (Å²) in [7, 11) is -3.35. The summed E-state index contributed by atoms with van der Waals surface area (Å²) < 4.78 is 32.2. The van der Waals surface area contributed by atoms with Gasteiger partial charge in [-0.15, -0.1) is 11.3 Å². The SMILES string of the molecule is CCOC(=O)c1sc(-c2cccc(NC3CCN(S(=O)(=O)Cc4ccccc4)CC3)c2)c(C)c1[O]. The summed E-state index contributed by atoms with van der Waals surface area (Å²) in [4.78, 5) is 13.0. The summed E-state index contributed by atoms with van der Waals surface area (Å²) in [6, 6.07) is 17.1. The number of benzene rings is 2. The first-order valence-corrected chi connectivity index (χ1v) is 14.1. The van der Waals surface area contributed by atoms with Crippen molar-refractivity contribution < 1.29 is 23.1 Å². The lowest BCUT2D eigenvalue weighted by molar-refractivity contribution is 0.0527. The van der Waals surface area contributed by atoms with Crippen LogP contribution in [0.4, 0.5) is 5.69 Å². The molecule has 2 heterocycles. The number of nitrogens with one attached hydrogen (secondary N) is 1. The molecule has 7 nitrogen and oxygen atoms in total. The molecular weight excluding hydrogens is 484 g/mol. The lowest BCUT2D eigenvalue weighted by Crippen LogP contribution is -2.42. The van der Waals surface area contributed by atoms with E-state index >= 15 is 0 Å². The highest BCUT2D eigenvalue weighted by molar-refractivity contribution is 7.88. The van der Waals surface area contributed by atoms with Crippen molar-refractivity contribution >= 4 is 33.0 Å². The maximum atomic E-state index is 12.8. The zero-order valence-electron chi connectivity index (χ0n) is 19.8. The summed E-state index contributed by atoms with van der Waals surface area (Å²) in [5.41, 5.74) is 3.08. The molecule has 0 unspecified atom stereocenters. The zero-order chi connectivity index (χ0) is 25.0. The largest absolute Gasteiger partial charge is 0.462 e. The molecule has 1 aliphatic rings. The predicted octanol–water partition coefficient (Wildman–Crippen LogP) is 5.45. The van der Waals surface area contributed by atoms with Crippen LogP contribution in [0.5, 0.6) is 5.75 Å². The fourth-order valence-corrected chi connectivity index (χ4v) is 6.89. The fourth-order valence-electron chi connectivity index (χ4n) is 4.25. The molecule has 0 aliphatic carbocycles. The summed E-state index contributed by atoms with van der Waals surface area (Å²) >= 11 is 1.16. The third kappa shape index (κ3) is 5.86. The van der Waals surface area contributed by atoms with Gasteiger partial charge in [-0.1, -0.05) is 42.5 Å². The normalized spacial score (nSPS) is 15.1. The third-order valence-corrected chi connectivity index (χ3v) is 9.24. The van der Waals surface area contributed by atoms with Crippen LogP contribution in [0.25, 0.3) is 10.4 Å². The van der Waals surface area contributed by atoms with Crippen molar-refractivity contribution in [3.63, 3.8) is 0 Å². The van der Waals surface area contributed by atoms with Gasteiger partial charge in [-0.05, 0) is 49.9 Å². The second-order valence-corrected chi connectivity index (χ2v) is 11.6. The summed E-state index contributed by atoms with van der Waals surface area (Å²) in [5.74, 6) is -0.852. The molecule has 2 aromatic carbocycles. The Morgan fingerprint density at radius 2 is 1.83 bits per heavy atom. The van der Waals surface area contributed by atoms with E-state index in [9.17, 15) is 18.3 Å². The fraction of sp³-hybridized carbons (Fsp3) is 0.346. The van der Waals surface area contributed by atoms with Crippen LogP contribution in [-0.4, -0.2) is 44.4 Å². The number of hydrogen-bond donors (Lipinski definition) is 1. The van der Waals surface area contributed by atoms with E-state index < -0.39 is 16.0 Å². The molecule has 0 amide bonds. The highest BCUT2D eigenvalue weighted by Gasteiger charge is 2.28. The van der Waals surface area contributed by atoms with Crippen LogP contribution >= 0.6 is 11.3 Å². The van der Waals surface area contributed by atoms with E-state index in [-0.39, 0.29) is 29.0 Å². The minimum Gasteiger partial charge on any atom is -0.462 e. The van der Waals surface area contributed by atoms with Gasteiger partial charge in [0.15, 0.2) is 4.88 Å². The van der Waals surface area contributed by atoms with Gasteiger partial charge in [-0.3, -0.25) is 5.11 Å². The summed E-state index contributed by atoms with van der Waals surface area (Å²) in [6.07, 6.45) is 1.40. The van der Waals surface area contributed by atoms with Gasteiger partial charge in [0.25, 0.3) is 0 Å². The third-order valence-electron chi connectivity index (χ3n) is 6.09. The molecule has 185 valence electrons. The van der Waals surface area contributed by atoms with Crippen LogP contribution < -0.4 is 5.32 Å². The van der Waals surface area contributed by atoms with Gasteiger partial charge in [0.05, 0.1) is 12.4 Å². The Kier molecular flexibility index (Phi) is 7.78. The van der Waals surface area contributed by atoms with E-state index in [0.717, 1.165) is 33.0 Å². The summed E-state index contributed by atoms with van der Waals surface area (Å²) in [5, 5.41) is 16.1. The second kappa shape index (κ2) is 10.8. The van der Waals surface area contributed by atoms with Gasteiger partial charge in [-0.25, -0.2) is 17.5 Å². The van der Waals surface area contributed by atoms with E-state index in [2.05, 4.69) is 5.32 Å². The minimum atomic E-state index is -3.35. The van der Waals surface area contributed by atoms with E-state index in [1.54, 1.807) is 18.2 Å². The van der Waals surface area contributed by atoms with Crippen LogP contribution in [0.2, 0.25) is 0 Å². The molecule has 4 rings (SSSR count). The molecule has 9 heteroatoms. The number of anilines is 1. The Balaban J connectivity index is 1.41. The van der Waals surface area contributed by atoms with E-state index in [4.69, 9.17) is 4.74 Å². The van der Waals surface area contributed by atoms with Crippen molar-refractivity contribution in [3.05, 3.63) is 70.6 Å². The Morgan fingerprint density at radius 3 is 2.51 bits per heavy atom. The Hall–Kier alpha value is -2.88. The molecule has 1 aromatic heterocycles. The molecule has 0 atom stereocenters. The summed E-state index contributed by atoms with van der Waals surface area (Å²) in [6.45, 7) is 4.60. The lowest BCUT2D eigenvalue weighted by Gasteiger charge is -2.32. The minimum absolute atomic E-state index is 0.0175. The van der Waals surface area contributed by atoms with Gasteiger partial charge >= 0.3 is 5.97 Å². The highest BCUT2D eigenvalue weighted by Crippen LogP contribution is 2.42. The quantitative estimate of drug-likeness (QED) is 0.404. The Bertz CT molecular complexity index is 1280. The van der Waals surface area contributed by atoms with Gasteiger partial charge in [0.1, 0.15) is 0 Å². The van der Waals surface area contributed by atoms with Crippen LogP contribution in [-0.2, 0) is 25.6 Å². The molecule has 0 spiro atoms. The van der Waals surface area contributed by atoms with Crippen molar-refractivity contribution in [1.29, 1.82) is 0 Å². The molecule has 1 N–H and O–H groups in total. The molecule has 1 radical (unpaired) electrons. The molecule has 1 fully saturated rings. The maximum Gasteiger partial charge on any atom is 0.352 e. The van der Waals surface area contributed by atoms with Crippen molar-refractivity contribution in [1.82, 2.24) is 4.31 Å². The number of carbonyl (C=O) groups excluding carboxylic acids is 1. The Labute approximate surface area is 210 Å². The van der Waals surface area contributed by atoms with Crippen molar-refractivity contribution in [2.24, 2.45) is 0 Å². The van der Waals surface area contributed by atoms with Crippen molar-refractivity contribution in [2.45, 2.75) is 38.5 Å². The molecule has 35 heavy (non-hydrogen) atoms. The number of thiophene rings is 1. The maximum absolute atomic E-state index is 12.8. The topological polar surface area (TPSA) is 95.6 Å². The number of nitrogens with zero attached hydrogens (tertiary/aromatic N) is 1. The van der Waals surface area contributed by atoms with Crippen molar-refractivity contribution in [2.75, 3.05) is 25.0 Å². The molecule has 0 saturated carbocycles. The van der Waals surface area contributed by atoms with Gasteiger partial charge in [-0.2, -0.15) is 0 Å². The number of rotatable bonds is 8. The van der Waals surface area contributed by atoms with E-state index in [0.29, 0.717) is 31.5 Å². The molecule has 1 aliphatic heterocycles. The van der Waals surface area contributed by atoms with Crippen LogP contribution in [0, 0.1) is 6.92 Å². The first-order chi connectivity index (χ1) is 16.8. The molecule has 1 saturated heterocycles. The average molecular weight is 514 g/mol. The number of sulfonamides is 1. The molecular formula is C26H29N2O5S2. The van der Waals surface area contributed by atoms with E-state index in [1.807, 2.05) is 54.6 Å². The van der Waals surface area contributed by atoms with E-state index in [1.165, 1.54) is 0 Å². The number of hydrogen-bond acceptors (Lipinski definition) is 6. The number of piperidine rings is 1. The first-order valence-electron chi connectivity index (χ1n) is 11.6. The molecule has 0 bridgehead atoms. The number of ether oxygens (including phenoxy) is 1. The standard InChI is InChI=1S/C26H29N2O5S2/c1-3-33-26(30)25-23(29)18(2)24(34-25)20-10-7-11-22(16-20)27-21-12-14-28(15-13-21)35(31,32)17-19-8-5-4-6-9-19/h4-11,16,21,27H,3,12-15,17H2,1-2H3. The highest BCUT2D eigenvalue weighted by atomic mass is 32.2. The molecule has 3 aromatic rings. The van der Waals surface area contributed by atoms with Crippen LogP contribution in [0.15, 0.2) is 54.6 Å². The smallest absolute Gasteiger partial charge is 0.352 e. The van der Waals surface area contributed by atoms with Crippen LogP contribution in [0.3, 0.4) is 0 Å². The Morgan fingerprint density at radius 1 is 1.11 bits per heavy atom. The lowest BCUT2D eigenvalue weighted by atomic mass is 10.1.